The zero-order valence-corrected chi connectivity index (χ0v) is 48.7. The van der Waals surface area contributed by atoms with Gasteiger partial charge >= 0.3 is 0 Å². The Bertz CT molecular complexity index is 1990. The van der Waals surface area contributed by atoms with Crippen LogP contribution in [0.15, 0.2) is 110 Å². The van der Waals surface area contributed by atoms with E-state index in [1.807, 2.05) is 178 Å². The number of rotatable bonds is 11. The molecule has 0 saturated carbocycles. The molecule has 76 heavy (non-hydrogen) atoms. The molecule has 0 atom stereocenters. The number of Topliss-reactive ketones (excluding diaryl/α,β-unsaturated/α-hetero) is 4. The molecule has 4 aromatic rings. The van der Waals surface area contributed by atoms with E-state index >= 15 is 0 Å². The van der Waals surface area contributed by atoms with Gasteiger partial charge < -0.3 is 20.0 Å². The molecule has 3 amide bonds. The second-order valence-corrected chi connectivity index (χ2v) is 21.2. The van der Waals surface area contributed by atoms with E-state index in [-0.39, 0.29) is 70.5 Å². The number of carbonyl (C=O) groups is 7. The molecular weight excluding hydrogens is 953 g/mol. The first-order valence-corrected chi connectivity index (χ1v) is 27.7. The summed E-state index contributed by atoms with van der Waals surface area (Å²) in [6.07, 6.45) is 11.0. The first-order chi connectivity index (χ1) is 36.0. The van der Waals surface area contributed by atoms with Crippen LogP contribution in [0.3, 0.4) is 0 Å². The van der Waals surface area contributed by atoms with Crippen molar-refractivity contribution in [3.05, 3.63) is 132 Å². The fraction of sp³-hybridized carbons (Fsp3) is 0.540. The monoisotopic (exact) mass is 1050 g/mol. The van der Waals surface area contributed by atoms with Crippen molar-refractivity contribution in [3.8, 4) is 0 Å². The second kappa shape index (κ2) is 38.4. The summed E-state index contributed by atoms with van der Waals surface area (Å²) in [5.74, 6) is 2.38. The van der Waals surface area contributed by atoms with Gasteiger partial charge in [0.1, 0.15) is 5.69 Å². The van der Waals surface area contributed by atoms with Crippen LogP contribution in [0, 0.1) is 41.4 Å². The summed E-state index contributed by atoms with van der Waals surface area (Å²) in [6, 6.07) is 27.7. The number of nitrogens with one attached hydrogen (secondary N) is 1. The molecule has 1 N–H and O–H groups in total. The second-order valence-electron chi connectivity index (χ2n) is 21.2. The molecule has 0 bridgehead atoms. The zero-order chi connectivity index (χ0) is 57.2. The van der Waals surface area contributed by atoms with Gasteiger partial charge in [0.05, 0.1) is 0 Å². The van der Waals surface area contributed by atoms with Crippen LogP contribution in [0.1, 0.15) is 171 Å². The summed E-state index contributed by atoms with van der Waals surface area (Å²) in [4.78, 5) is 93.1. The molecule has 3 saturated heterocycles. The molecule has 0 aliphatic carbocycles. The Kier molecular flexibility index (Phi) is 34.2. The fourth-order valence-corrected chi connectivity index (χ4v) is 7.55. The van der Waals surface area contributed by atoms with E-state index in [0.717, 1.165) is 63.5 Å². The van der Waals surface area contributed by atoms with Gasteiger partial charge in [-0.2, -0.15) is 0 Å². The molecule has 3 aliphatic rings. The standard InChI is InChI=1S/2C10H12O.C9H11NO.C9H17NO.C9H11NO.C8H16N2O.C8H15NO/c2*1-8(2)10(11)9-6-4-3-5-7-9;1-7(2)9(11)8-4-3-5-10-6-8;1-8(2)9(11)10-6-4-3-5-7-10;1-7(2)9(11)8-5-3-4-6-10-8;1-7(2)8(11)10-5-3-9-4-6-10;1-7(2)8(10)9-5-3-4-6-9/h2*3-8H,1-2H3;3-7H,1-2H3;8H,3-7H2,1-2H3;3-7H,1-2H3;7,9H,3-6H2,1-2H3;7H,3-6H2,1-2H3. The Morgan fingerprint density at radius 1 is 0.368 bits per heavy atom. The van der Waals surface area contributed by atoms with Crippen molar-refractivity contribution >= 4 is 40.9 Å². The van der Waals surface area contributed by atoms with Crippen LogP contribution in [-0.4, -0.2) is 118 Å². The number of hydrogen-bond acceptors (Lipinski definition) is 10. The lowest BCUT2D eigenvalue weighted by Crippen LogP contribution is -2.47. The number of ketones is 4. The molecule has 13 nitrogen and oxygen atoms in total. The highest BCUT2D eigenvalue weighted by molar-refractivity contribution is 5.98. The normalized spacial score (nSPS) is 13.8. The van der Waals surface area contributed by atoms with E-state index in [4.69, 9.17) is 0 Å². The number of amides is 3. The Labute approximate surface area is 457 Å². The Morgan fingerprint density at radius 3 is 1.04 bits per heavy atom. The summed E-state index contributed by atoms with van der Waals surface area (Å²) in [5.41, 5.74) is 2.87. The van der Waals surface area contributed by atoms with Gasteiger partial charge in [-0.25, -0.2) is 0 Å². The average molecular weight is 1050 g/mol. The maximum Gasteiger partial charge on any atom is 0.225 e. The number of likely N-dealkylation sites (tertiary alicyclic amines) is 2. The Hall–Kier alpha value is -6.21. The van der Waals surface area contributed by atoms with Crippen molar-refractivity contribution in [3.63, 3.8) is 0 Å². The quantitative estimate of drug-likeness (QED) is 0.143. The molecule has 2 aromatic carbocycles. The average Bonchev–Trinajstić information content (AvgIpc) is 3.99. The lowest BCUT2D eigenvalue weighted by Gasteiger charge is -2.28. The minimum atomic E-state index is 0.0323. The maximum absolute atomic E-state index is 11.4. The van der Waals surface area contributed by atoms with Crippen LogP contribution in [0.2, 0.25) is 0 Å². The van der Waals surface area contributed by atoms with Crippen LogP contribution in [0.4, 0.5) is 0 Å². The van der Waals surface area contributed by atoms with Crippen LogP contribution in [0.5, 0.6) is 0 Å². The third kappa shape index (κ3) is 27.5. The fourth-order valence-electron chi connectivity index (χ4n) is 7.55. The summed E-state index contributed by atoms with van der Waals surface area (Å²) < 4.78 is 0. The van der Waals surface area contributed by atoms with Crippen molar-refractivity contribution in [1.29, 1.82) is 0 Å². The topological polar surface area (TPSA) is 167 Å². The van der Waals surface area contributed by atoms with Crippen molar-refractivity contribution in [2.45, 2.75) is 129 Å². The number of pyridine rings is 2. The van der Waals surface area contributed by atoms with E-state index in [2.05, 4.69) is 15.3 Å². The highest BCUT2D eigenvalue weighted by atomic mass is 16.2. The van der Waals surface area contributed by atoms with Crippen molar-refractivity contribution in [1.82, 2.24) is 30.0 Å². The third-order valence-corrected chi connectivity index (χ3v) is 12.1. The van der Waals surface area contributed by atoms with Gasteiger partial charge in [-0.15, -0.1) is 0 Å². The third-order valence-electron chi connectivity index (χ3n) is 12.1. The largest absolute Gasteiger partial charge is 0.342 e. The maximum atomic E-state index is 11.4. The number of piperidine rings is 1. The van der Waals surface area contributed by atoms with Gasteiger partial charge in [0.25, 0.3) is 0 Å². The van der Waals surface area contributed by atoms with E-state index < -0.39 is 0 Å². The minimum Gasteiger partial charge on any atom is -0.342 e. The van der Waals surface area contributed by atoms with Crippen LogP contribution >= 0.6 is 0 Å². The summed E-state index contributed by atoms with van der Waals surface area (Å²) in [7, 11) is 0. The molecule has 0 spiro atoms. The number of carbonyl (C=O) groups excluding carboxylic acids is 7. The zero-order valence-electron chi connectivity index (χ0n) is 48.7. The van der Waals surface area contributed by atoms with Crippen molar-refractivity contribution < 1.29 is 33.6 Å². The summed E-state index contributed by atoms with van der Waals surface area (Å²) in [5, 5.41) is 3.21. The van der Waals surface area contributed by atoms with Crippen LogP contribution in [0.25, 0.3) is 0 Å². The van der Waals surface area contributed by atoms with E-state index in [1.165, 1.54) is 32.1 Å². The van der Waals surface area contributed by atoms with E-state index in [1.54, 1.807) is 42.9 Å². The molecule has 418 valence electrons. The number of aromatic nitrogens is 2. The number of piperazine rings is 1. The number of benzene rings is 2. The molecule has 0 radical (unpaired) electrons. The van der Waals surface area contributed by atoms with Gasteiger partial charge in [0.15, 0.2) is 23.1 Å². The molecule has 5 heterocycles. The molecule has 3 aliphatic heterocycles. The Morgan fingerprint density at radius 2 is 0.711 bits per heavy atom. The highest BCUT2D eigenvalue weighted by Crippen LogP contribution is 2.13. The van der Waals surface area contributed by atoms with Gasteiger partial charge in [0, 0.05) is 129 Å². The number of hydrogen-bond donors (Lipinski definition) is 1. The van der Waals surface area contributed by atoms with E-state index in [9.17, 15) is 33.6 Å². The molecule has 7 rings (SSSR count). The molecule has 3 fully saturated rings. The van der Waals surface area contributed by atoms with Crippen molar-refractivity contribution in [2.24, 2.45) is 41.4 Å². The highest BCUT2D eigenvalue weighted by Gasteiger charge is 2.21. The van der Waals surface area contributed by atoms with Gasteiger partial charge in [-0.3, -0.25) is 43.5 Å². The SMILES string of the molecule is CC(C)C(=O)N1CCCC1.CC(C)C(=O)N1CCCCC1.CC(C)C(=O)N1CCNCC1.CC(C)C(=O)c1ccccc1.CC(C)C(=O)c1ccccc1.CC(C)C(=O)c1ccccn1.CC(C)C(=O)c1cccnc1. The lowest BCUT2D eigenvalue weighted by atomic mass is 10.0. The first kappa shape index (κ1) is 67.8. The Balaban J connectivity index is 0.000000443. The lowest BCUT2D eigenvalue weighted by molar-refractivity contribution is -0.135. The first-order valence-electron chi connectivity index (χ1n) is 27.7. The molecular formula is C63H94N6O7. The predicted octanol–water partition coefficient (Wildman–Crippen LogP) is 11.9. The van der Waals surface area contributed by atoms with Crippen LogP contribution in [-0.2, 0) is 14.4 Å². The molecule has 0 unspecified atom stereocenters. The van der Waals surface area contributed by atoms with Crippen LogP contribution < -0.4 is 5.32 Å². The smallest absolute Gasteiger partial charge is 0.225 e. The predicted molar refractivity (Wildman–Crippen MR) is 308 cm³/mol. The minimum absolute atomic E-state index is 0.0323. The van der Waals surface area contributed by atoms with Crippen molar-refractivity contribution in [2.75, 3.05) is 52.4 Å². The molecule has 13 heteroatoms. The summed E-state index contributed by atoms with van der Waals surface area (Å²) in [6.45, 7) is 34.5. The van der Waals surface area contributed by atoms with Gasteiger partial charge in [-0.05, 0) is 56.4 Å². The number of nitrogens with zero attached hydrogens (tertiary/aromatic N) is 5. The molecule has 2 aromatic heterocycles. The van der Waals surface area contributed by atoms with Gasteiger partial charge in [0.2, 0.25) is 17.7 Å². The van der Waals surface area contributed by atoms with E-state index in [0.29, 0.717) is 23.1 Å². The van der Waals surface area contributed by atoms with Gasteiger partial charge in [-0.1, -0.05) is 164 Å². The summed E-state index contributed by atoms with van der Waals surface area (Å²) >= 11 is 0.